The molecule has 5 heteroatoms. The van der Waals surface area contributed by atoms with Crippen molar-refractivity contribution in [2.75, 3.05) is 6.61 Å². The SMILES string of the molecule is CCCc1nc(C)c2c(Cl)nc3ccc(OCC4CC4)cc3n12. The highest BCUT2D eigenvalue weighted by Gasteiger charge is 2.22. The van der Waals surface area contributed by atoms with Crippen LogP contribution in [0.3, 0.4) is 0 Å². The van der Waals surface area contributed by atoms with Crippen LogP contribution in [0.15, 0.2) is 18.2 Å². The van der Waals surface area contributed by atoms with Crippen LogP contribution >= 0.6 is 11.6 Å². The van der Waals surface area contributed by atoms with Crippen molar-refractivity contribution in [3.8, 4) is 5.75 Å². The molecule has 120 valence electrons. The molecule has 3 aromatic rings. The lowest BCUT2D eigenvalue weighted by molar-refractivity contribution is 0.300. The molecule has 0 spiro atoms. The first-order valence-corrected chi connectivity index (χ1v) is 8.65. The number of ether oxygens (including phenoxy) is 1. The summed E-state index contributed by atoms with van der Waals surface area (Å²) in [5.74, 6) is 2.66. The predicted octanol–water partition coefficient (Wildman–Crippen LogP) is 4.59. The Morgan fingerprint density at radius 3 is 2.87 bits per heavy atom. The summed E-state index contributed by atoms with van der Waals surface area (Å²) < 4.78 is 8.08. The summed E-state index contributed by atoms with van der Waals surface area (Å²) in [6.07, 6.45) is 4.53. The summed E-state index contributed by atoms with van der Waals surface area (Å²) in [6, 6.07) is 6.02. The molecule has 0 bridgehead atoms. The summed E-state index contributed by atoms with van der Waals surface area (Å²) in [5.41, 5.74) is 3.72. The van der Waals surface area contributed by atoms with Crippen molar-refractivity contribution in [1.29, 1.82) is 0 Å². The van der Waals surface area contributed by atoms with Gasteiger partial charge in [0.25, 0.3) is 0 Å². The van der Waals surface area contributed by atoms with Crippen LogP contribution in [-0.2, 0) is 6.42 Å². The van der Waals surface area contributed by atoms with Crippen LogP contribution in [0.4, 0.5) is 0 Å². The number of aromatic nitrogens is 3. The molecule has 0 N–H and O–H groups in total. The number of benzene rings is 1. The quantitative estimate of drug-likeness (QED) is 0.687. The second-order valence-corrected chi connectivity index (χ2v) is 6.71. The third kappa shape index (κ3) is 2.65. The van der Waals surface area contributed by atoms with Gasteiger partial charge in [0, 0.05) is 12.5 Å². The van der Waals surface area contributed by atoms with E-state index in [2.05, 4.69) is 22.4 Å². The monoisotopic (exact) mass is 329 g/mol. The fourth-order valence-corrected chi connectivity index (χ4v) is 3.32. The highest BCUT2D eigenvalue weighted by Crippen LogP contribution is 2.31. The van der Waals surface area contributed by atoms with E-state index in [0.29, 0.717) is 5.15 Å². The van der Waals surface area contributed by atoms with Gasteiger partial charge in [-0.05, 0) is 44.2 Å². The minimum absolute atomic E-state index is 0.511. The summed E-state index contributed by atoms with van der Waals surface area (Å²) in [4.78, 5) is 9.24. The molecule has 0 saturated heterocycles. The molecule has 0 amide bonds. The Morgan fingerprint density at radius 2 is 2.13 bits per heavy atom. The van der Waals surface area contributed by atoms with E-state index in [4.69, 9.17) is 21.3 Å². The Bertz CT molecular complexity index is 883. The molecule has 1 aromatic carbocycles. The maximum atomic E-state index is 6.40. The van der Waals surface area contributed by atoms with Gasteiger partial charge >= 0.3 is 0 Å². The minimum Gasteiger partial charge on any atom is -0.493 e. The van der Waals surface area contributed by atoms with Gasteiger partial charge in [-0.2, -0.15) is 0 Å². The van der Waals surface area contributed by atoms with Gasteiger partial charge in [-0.25, -0.2) is 9.97 Å². The number of rotatable bonds is 5. The average Bonchev–Trinajstić information content (AvgIpc) is 3.30. The number of aryl methyl sites for hydroxylation is 2. The van der Waals surface area contributed by atoms with Gasteiger partial charge in [-0.3, -0.25) is 4.40 Å². The van der Waals surface area contributed by atoms with E-state index in [1.54, 1.807) is 0 Å². The van der Waals surface area contributed by atoms with Crippen LogP contribution in [-0.4, -0.2) is 21.0 Å². The second-order valence-electron chi connectivity index (χ2n) is 6.35. The molecule has 0 aliphatic heterocycles. The Morgan fingerprint density at radius 1 is 1.30 bits per heavy atom. The third-order valence-electron chi connectivity index (χ3n) is 4.38. The molecule has 0 radical (unpaired) electrons. The van der Waals surface area contributed by atoms with Crippen LogP contribution in [0.5, 0.6) is 5.75 Å². The maximum absolute atomic E-state index is 6.40. The van der Waals surface area contributed by atoms with E-state index < -0.39 is 0 Å². The molecule has 0 atom stereocenters. The van der Waals surface area contributed by atoms with Crippen LogP contribution in [0.2, 0.25) is 5.15 Å². The number of fused-ring (bicyclic) bond motifs is 3. The van der Waals surface area contributed by atoms with Gasteiger partial charge < -0.3 is 4.74 Å². The lowest BCUT2D eigenvalue weighted by Crippen LogP contribution is -2.01. The topological polar surface area (TPSA) is 39.4 Å². The fourth-order valence-electron chi connectivity index (χ4n) is 3.00. The molecular formula is C18H20ClN3O. The molecule has 4 nitrogen and oxygen atoms in total. The number of hydrogen-bond donors (Lipinski definition) is 0. The Labute approximate surface area is 140 Å². The van der Waals surface area contributed by atoms with Gasteiger partial charge in [0.15, 0.2) is 5.15 Å². The third-order valence-corrected chi connectivity index (χ3v) is 4.64. The van der Waals surface area contributed by atoms with Gasteiger partial charge in [-0.15, -0.1) is 0 Å². The highest BCUT2D eigenvalue weighted by atomic mass is 35.5. The van der Waals surface area contributed by atoms with Crippen molar-refractivity contribution in [1.82, 2.24) is 14.4 Å². The van der Waals surface area contributed by atoms with E-state index in [1.165, 1.54) is 12.8 Å². The largest absolute Gasteiger partial charge is 0.493 e. The van der Waals surface area contributed by atoms with Crippen molar-refractivity contribution < 1.29 is 4.74 Å². The molecule has 2 aromatic heterocycles. The standard InChI is InChI=1S/C18H20ClN3O/c1-3-4-16-20-11(2)17-18(19)21-14-8-7-13(9-15(14)22(16)17)23-10-12-5-6-12/h7-9,12H,3-6,10H2,1-2H3. The summed E-state index contributed by atoms with van der Waals surface area (Å²) >= 11 is 6.40. The molecule has 23 heavy (non-hydrogen) atoms. The maximum Gasteiger partial charge on any atom is 0.155 e. The lowest BCUT2D eigenvalue weighted by atomic mass is 10.2. The van der Waals surface area contributed by atoms with Crippen molar-refractivity contribution in [2.45, 2.75) is 39.5 Å². The van der Waals surface area contributed by atoms with E-state index in [-0.39, 0.29) is 0 Å². The first-order valence-electron chi connectivity index (χ1n) is 8.27. The summed E-state index contributed by atoms with van der Waals surface area (Å²) in [5, 5.41) is 0.511. The molecule has 1 saturated carbocycles. The first kappa shape index (κ1) is 14.8. The zero-order chi connectivity index (χ0) is 16.0. The summed E-state index contributed by atoms with van der Waals surface area (Å²) in [6.45, 7) is 4.95. The molecule has 1 aliphatic carbocycles. The Kier molecular flexibility index (Phi) is 3.64. The van der Waals surface area contributed by atoms with E-state index >= 15 is 0 Å². The van der Waals surface area contributed by atoms with Gasteiger partial charge in [-0.1, -0.05) is 18.5 Å². The van der Waals surface area contributed by atoms with Crippen molar-refractivity contribution in [3.05, 3.63) is 34.9 Å². The highest BCUT2D eigenvalue weighted by molar-refractivity contribution is 6.33. The van der Waals surface area contributed by atoms with Crippen LogP contribution in [0, 0.1) is 12.8 Å². The predicted molar refractivity (Wildman–Crippen MR) is 92.5 cm³/mol. The zero-order valence-electron chi connectivity index (χ0n) is 13.5. The smallest absolute Gasteiger partial charge is 0.155 e. The number of hydrogen-bond acceptors (Lipinski definition) is 3. The second kappa shape index (κ2) is 5.68. The van der Waals surface area contributed by atoms with Crippen molar-refractivity contribution in [3.63, 3.8) is 0 Å². The zero-order valence-corrected chi connectivity index (χ0v) is 14.2. The molecule has 0 unspecified atom stereocenters. The fraction of sp³-hybridized carbons (Fsp3) is 0.444. The van der Waals surface area contributed by atoms with E-state index in [0.717, 1.165) is 59.2 Å². The normalized spacial score (nSPS) is 14.7. The molecule has 2 heterocycles. The molecule has 1 aliphatic rings. The van der Waals surface area contributed by atoms with E-state index in [1.807, 2.05) is 19.1 Å². The molecule has 1 fully saturated rings. The Hall–Kier alpha value is -1.81. The van der Waals surface area contributed by atoms with Gasteiger partial charge in [0.1, 0.15) is 17.1 Å². The van der Waals surface area contributed by atoms with Crippen LogP contribution < -0.4 is 4.74 Å². The number of imidazole rings is 1. The van der Waals surface area contributed by atoms with Crippen LogP contribution in [0.1, 0.15) is 37.7 Å². The lowest BCUT2D eigenvalue weighted by Gasteiger charge is -2.10. The van der Waals surface area contributed by atoms with Crippen molar-refractivity contribution in [2.24, 2.45) is 5.92 Å². The minimum atomic E-state index is 0.511. The van der Waals surface area contributed by atoms with Crippen LogP contribution in [0.25, 0.3) is 16.6 Å². The van der Waals surface area contributed by atoms with E-state index in [9.17, 15) is 0 Å². The summed E-state index contributed by atoms with van der Waals surface area (Å²) in [7, 11) is 0. The number of halogens is 1. The average molecular weight is 330 g/mol. The molecule has 4 rings (SSSR count). The van der Waals surface area contributed by atoms with Gasteiger partial charge in [0.2, 0.25) is 0 Å². The van der Waals surface area contributed by atoms with Gasteiger partial charge in [0.05, 0.1) is 23.3 Å². The Balaban J connectivity index is 1.90. The first-order chi connectivity index (χ1) is 11.2. The number of nitrogens with zero attached hydrogens (tertiary/aromatic N) is 3. The molecular weight excluding hydrogens is 310 g/mol. The van der Waals surface area contributed by atoms with Crippen molar-refractivity contribution >= 4 is 28.2 Å².